The van der Waals surface area contributed by atoms with Gasteiger partial charge in [-0.1, -0.05) is 31.5 Å². The molecule has 0 amide bonds. The van der Waals surface area contributed by atoms with Crippen molar-refractivity contribution in [3.63, 3.8) is 0 Å². The summed E-state index contributed by atoms with van der Waals surface area (Å²) in [5.41, 5.74) is 0.890. The Bertz CT molecular complexity index is 324. The lowest BCUT2D eigenvalue weighted by Crippen LogP contribution is -2.11. The van der Waals surface area contributed by atoms with Crippen molar-refractivity contribution in [1.82, 2.24) is 5.32 Å². The minimum atomic E-state index is -0.0488. The van der Waals surface area contributed by atoms with Crippen molar-refractivity contribution in [2.24, 2.45) is 5.92 Å². The van der Waals surface area contributed by atoms with Crippen LogP contribution in [0.3, 0.4) is 0 Å². The van der Waals surface area contributed by atoms with Crippen molar-refractivity contribution in [3.05, 3.63) is 35.6 Å². The van der Waals surface area contributed by atoms with Crippen molar-refractivity contribution in [2.45, 2.75) is 25.7 Å². The van der Waals surface area contributed by atoms with Crippen molar-refractivity contribution in [3.8, 4) is 0 Å². The lowest BCUT2D eigenvalue weighted by atomic mass is 9.86. The minimum absolute atomic E-state index is 0.0488. The van der Waals surface area contributed by atoms with E-state index in [-0.39, 0.29) is 5.82 Å². The fourth-order valence-corrected chi connectivity index (χ4v) is 2.55. The van der Waals surface area contributed by atoms with E-state index < -0.39 is 0 Å². The summed E-state index contributed by atoms with van der Waals surface area (Å²) in [5, 5.41) is 3.37. The molecule has 0 aromatic heterocycles. The molecule has 0 radical (unpaired) electrons. The highest BCUT2D eigenvalue weighted by atomic mass is 19.1. The van der Waals surface area contributed by atoms with Crippen LogP contribution in [0.4, 0.5) is 4.39 Å². The number of rotatable bonds is 3. The van der Waals surface area contributed by atoms with E-state index in [2.05, 4.69) is 12.2 Å². The zero-order valence-electron chi connectivity index (χ0n) is 9.17. The Labute approximate surface area is 90.7 Å². The van der Waals surface area contributed by atoms with Gasteiger partial charge in [-0.25, -0.2) is 4.39 Å². The molecule has 1 saturated heterocycles. The van der Waals surface area contributed by atoms with Crippen LogP contribution in [0, 0.1) is 11.7 Å². The van der Waals surface area contributed by atoms with E-state index in [0.29, 0.717) is 11.8 Å². The second-order valence-electron chi connectivity index (χ2n) is 4.34. The third-order valence-electron chi connectivity index (χ3n) is 3.30. The number of hydrogen-bond acceptors (Lipinski definition) is 1. The molecular weight excluding hydrogens is 189 g/mol. The van der Waals surface area contributed by atoms with E-state index in [1.54, 1.807) is 12.1 Å². The third-order valence-corrected chi connectivity index (χ3v) is 3.30. The third kappa shape index (κ3) is 2.20. The first-order chi connectivity index (χ1) is 7.33. The summed E-state index contributed by atoms with van der Waals surface area (Å²) in [6.45, 7) is 4.15. The molecule has 2 unspecified atom stereocenters. The van der Waals surface area contributed by atoms with Crippen LogP contribution >= 0.6 is 0 Å². The van der Waals surface area contributed by atoms with Gasteiger partial charge < -0.3 is 5.32 Å². The molecule has 1 aromatic rings. The maximum atomic E-state index is 13.6. The molecule has 0 bridgehead atoms. The summed E-state index contributed by atoms with van der Waals surface area (Å²) in [6.07, 6.45) is 2.36. The standard InChI is InChI=1S/C13H18FN/c1-2-5-10-8-15-9-12(10)11-6-3-4-7-13(11)14/h3-4,6-7,10,12,15H,2,5,8-9H2,1H3. The lowest BCUT2D eigenvalue weighted by Gasteiger charge is -2.18. The Morgan fingerprint density at radius 2 is 2.13 bits per heavy atom. The molecule has 0 saturated carbocycles. The number of nitrogens with one attached hydrogen (secondary N) is 1. The normalized spacial score (nSPS) is 25.7. The van der Waals surface area contributed by atoms with Crippen LogP contribution in [0.5, 0.6) is 0 Å². The van der Waals surface area contributed by atoms with Gasteiger partial charge in [0.25, 0.3) is 0 Å². The van der Waals surface area contributed by atoms with Gasteiger partial charge in [-0.3, -0.25) is 0 Å². The molecular formula is C13H18FN. The van der Waals surface area contributed by atoms with Gasteiger partial charge in [0.1, 0.15) is 5.82 Å². The molecule has 1 N–H and O–H groups in total. The largest absolute Gasteiger partial charge is 0.316 e. The van der Waals surface area contributed by atoms with Crippen molar-refractivity contribution in [1.29, 1.82) is 0 Å². The maximum absolute atomic E-state index is 13.6. The maximum Gasteiger partial charge on any atom is 0.126 e. The van der Waals surface area contributed by atoms with E-state index in [0.717, 1.165) is 18.7 Å². The summed E-state index contributed by atoms with van der Waals surface area (Å²) in [5.74, 6) is 0.922. The topological polar surface area (TPSA) is 12.0 Å². The van der Waals surface area contributed by atoms with E-state index in [1.807, 2.05) is 12.1 Å². The average molecular weight is 207 g/mol. The summed E-state index contributed by atoms with van der Waals surface area (Å²) in [4.78, 5) is 0. The highest BCUT2D eigenvalue weighted by molar-refractivity contribution is 5.24. The molecule has 1 nitrogen and oxygen atoms in total. The van der Waals surface area contributed by atoms with Crippen molar-refractivity contribution in [2.75, 3.05) is 13.1 Å². The number of hydrogen-bond donors (Lipinski definition) is 1. The fraction of sp³-hybridized carbons (Fsp3) is 0.538. The second kappa shape index (κ2) is 4.75. The summed E-state index contributed by atoms with van der Waals surface area (Å²) < 4.78 is 13.6. The van der Waals surface area contributed by atoms with E-state index in [9.17, 15) is 4.39 Å². The molecule has 1 fully saturated rings. The van der Waals surface area contributed by atoms with Gasteiger partial charge in [0.2, 0.25) is 0 Å². The van der Waals surface area contributed by atoms with Gasteiger partial charge >= 0.3 is 0 Å². The van der Waals surface area contributed by atoms with Crippen LogP contribution in [-0.4, -0.2) is 13.1 Å². The number of benzene rings is 1. The Kier molecular flexibility index (Phi) is 3.37. The van der Waals surface area contributed by atoms with Crippen LogP contribution in [0.1, 0.15) is 31.2 Å². The summed E-state index contributed by atoms with van der Waals surface area (Å²) in [6, 6.07) is 7.18. The predicted molar refractivity (Wildman–Crippen MR) is 60.4 cm³/mol. The molecule has 2 atom stereocenters. The first kappa shape index (κ1) is 10.6. The molecule has 82 valence electrons. The SMILES string of the molecule is CCCC1CNCC1c1ccccc1F. The van der Waals surface area contributed by atoms with Crippen LogP contribution in [-0.2, 0) is 0 Å². The van der Waals surface area contributed by atoms with E-state index >= 15 is 0 Å². The van der Waals surface area contributed by atoms with Gasteiger partial charge in [-0.15, -0.1) is 0 Å². The molecule has 1 aliphatic rings. The smallest absolute Gasteiger partial charge is 0.126 e. The highest BCUT2D eigenvalue weighted by Crippen LogP contribution is 2.32. The van der Waals surface area contributed by atoms with Gasteiger partial charge in [0.15, 0.2) is 0 Å². The summed E-state index contributed by atoms with van der Waals surface area (Å²) >= 11 is 0. The van der Waals surface area contributed by atoms with E-state index in [1.165, 1.54) is 12.8 Å². The fourth-order valence-electron chi connectivity index (χ4n) is 2.55. The number of halogens is 1. The molecule has 0 aliphatic carbocycles. The molecule has 0 spiro atoms. The van der Waals surface area contributed by atoms with Gasteiger partial charge in [-0.2, -0.15) is 0 Å². The molecule has 1 heterocycles. The van der Waals surface area contributed by atoms with Gasteiger partial charge in [0, 0.05) is 12.5 Å². The molecule has 2 rings (SSSR count). The highest BCUT2D eigenvalue weighted by Gasteiger charge is 2.29. The first-order valence-electron chi connectivity index (χ1n) is 5.78. The zero-order chi connectivity index (χ0) is 10.7. The Morgan fingerprint density at radius 3 is 2.87 bits per heavy atom. The first-order valence-corrected chi connectivity index (χ1v) is 5.78. The van der Waals surface area contributed by atoms with E-state index in [4.69, 9.17) is 0 Å². The zero-order valence-corrected chi connectivity index (χ0v) is 9.17. The minimum Gasteiger partial charge on any atom is -0.316 e. The second-order valence-corrected chi connectivity index (χ2v) is 4.34. The Hall–Kier alpha value is -0.890. The van der Waals surface area contributed by atoms with Crippen molar-refractivity contribution < 1.29 is 4.39 Å². The van der Waals surface area contributed by atoms with Crippen LogP contribution in [0.15, 0.2) is 24.3 Å². The average Bonchev–Trinajstić information content (AvgIpc) is 2.67. The van der Waals surface area contributed by atoms with Crippen LogP contribution < -0.4 is 5.32 Å². The van der Waals surface area contributed by atoms with Crippen LogP contribution in [0.2, 0.25) is 0 Å². The molecule has 1 aliphatic heterocycles. The van der Waals surface area contributed by atoms with Crippen molar-refractivity contribution >= 4 is 0 Å². The van der Waals surface area contributed by atoms with Gasteiger partial charge in [-0.05, 0) is 30.5 Å². The van der Waals surface area contributed by atoms with Gasteiger partial charge in [0.05, 0.1) is 0 Å². The summed E-state index contributed by atoms with van der Waals surface area (Å²) in [7, 11) is 0. The molecule has 1 aromatic carbocycles. The Balaban J connectivity index is 2.19. The monoisotopic (exact) mass is 207 g/mol. The Morgan fingerprint density at radius 1 is 1.33 bits per heavy atom. The quantitative estimate of drug-likeness (QED) is 0.803. The molecule has 2 heteroatoms. The lowest BCUT2D eigenvalue weighted by molar-refractivity contribution is 0.458. The van der Waals surface area contributed by atoms with Crippen LogP contribution in [0.25, 0.3) is 0 Å². The molecule has 15 heavy (non-hydrogen) atoms. The predicted octanol–water partition coefficient (Wildman–Crippen LogP) is 2.93.